The van der Waals surface area contributed by atoms with Crippen molar-refractivity contribution < 1.29 is 14.2 Å². The molecule has 0 saturated carbocycles. The molecule has 2 rings (SSSR count). The first kappa shape index (κ1) is 15.1. The van der Waals surface area contributed by atoms with Crippen molar-refractivity contribution in [2.45, 2.75) is 39.3 Å². The summed E-state index contributed by atoms with van der Waals surface area (Å²) in [5, 5.41) is 3.42. The number of ether oxygens (including phenoxy) is 3. The summed E-state index contributed by atoms with van der Waals surface area (Å²) in [6, 6.07) is 4.25. The van der Waals surface area contributed by atoms with Gasteiger partial charge < -0.3 is 19.5 Å². The maximum Gasteiger partial charge on any atom is 0.124 e. The molecule has 4 heteroatoms. The first-order valence-corrected chi connectivity index (χ1v) is 7.39. The third-order valence-corrected chi connectivity index (χ3v) is 3.40. The van der Waals surface area contributed by atoms with E-state index in [9.17, 15) is 0 Å². The zero-order valence-electron chi connectivity index (χ0n) is 12.7. The van der Waals surface area contributed by atoms with E-state index in [2.05, 4.69) is 24.4 Å². The summed E-state index contributed by atoms with van der Waals surface area (Å²) >= 11 is 0. The molecule has 0 aliphatic carbocycles. The van der Waals surface area contributed by atoms with Crippen molar-refractivity contribution in [3.63, 3.8) is 0 Å². The van der Waals surface area contributed by atoms with Crippen LogP contribution < -0.4 is 14.8 Å². The Bertz CT molecular complexity index is 434. The van der Waals surface area contributed by atoms with Crippen LogP contribution in [0.4, 0.5) is 0 Å². The molecule has 20 heavy (non-hydrogen) atoms. The first-order chi connectivity index (χ1) is 9.74. The van der Waals surface area contributed by atoms with E-state index in [1.54, 1.807) is 7.11 Å². The quantitative estimate of drug-likeness (QED) is 0.742. The average molecular weight is 279 g/mol. The van der Waals surface area contributed by atoms with E-state index in [0.717, 1.165) is 49.6 Å². The molecule has 1 aliphatic rings. The molecule has 0 radical (unpaired) electrons. The number of benzene rings is 1. The summed E-state index contributed by atoms with van der Waals surface area (Å²) in [7, 11) is 1.73. The molecule has 0 fully saturated rings. The minimum Gasteiger partial charge on any atom is -0.494 e. The number of fused-ring (bicyclic) bond motifs is 1. The zero-order chi connectivity index (χ0) is 14.4. The maximum atomic E-state index is 5.82. The molecule has 112 valence electrons. The predicted octanol–water partition coefficient (Wildman–Crippen LogP) is 2.53. The molecule has 1 aromatic rings. The van der Waals surface area contributed by atoms with E-state index in [1.807, 2.05) is 6.92 Å². The Morgan fingerprint density at radius 1 is 1.40 bits per heavy atom. The third-order valence-electron chi connectivity index (χ3n) is 3.40. The second-order valence-electron chi connectivity index (χ2n) is 5.16. The van der Waals surface area contributed by atoms with E-state index in [-0.39, 0.29) is 6.10 Å². The normalized spacial score (nSPS) is 16.9. The van der Waals surface area contributed by atoms with Crippen LogP contribution in [0.25, 0.3) is 0 Å². The second kappa shape index (κ2) is 7.50. The van der Waals surface area contributed by atoms with Crippen molar-refractivity contribution in [3.05, 3.63) is 23.3 Å². The van der Waals surface area contributed by atoms with Crippen molar-refractivity contribution in [1.29, 1.82) is 0 Å². The molecule has 1 aliphatic heterocycles. The second-order valence-corrected chi connectivity index (χ2v) is 5.16. The lowest BCUT2D eigenvalue weighted by molar-refractivity contribution is 0.194. The summed E-state index contributed by atoms with van der Waals surface area (Å²) in [6.07, 6.45) is 2.25. The van der Waals surface area contributed by atoms with Crippen LogP contribution in [0.5, 0.6) is 11.5 Å². The van der Waals surface area contributed by atoms with Crippen LogP contribution >= 0.6 is 0 Å². The maximum absolute atomic E-state index is 5.82. The first-order valence-electron chi connectivity index (χ1n) is 7.39. The molecule has 4 nitrogen and oxygen atoms in total. The third kappa shape index (κ3) is 3.87. The Morgan fingerprint density at radius 3 is 3.00 bits per heavy atom. The van der Waals surface area contributed by atoms with E-state index in [4.69, 9.17) is 14.2 Å². The van der Waals surface area contributed by atoms with Gasteiger partial charge in [0, 0.05) is 37.8 Å². The molecular weight excluding hydrogens is 254 g/mol. The van der Waals surface area contributed by atoms with Crippen molar-refractivity contribution in [1.82, 2.24) is 5.32 Å². The standard InChI is InChI=1S/C16H25NO3/c1-4-19-15-9-13-8-12(2)20-16(13)10-14(15)11-17-6-5-7-18-3/h9-10,12,17H,4-8,11H2,1-3H3. The van der Waals surface area contributed by atoms with Gasteiger partial charge in [0.1, 0.15) is 17.6 Å². The van der Waals surface area contributed by atoms with E-state index in [1.165, 1.54) is 5.56 Å². The number of hydrogen-bond acceptors (Lipinski definition) is 4. The SMILES string of the molecule is CCOc1cc2c(cc1CNCCCOC)OC(C)C2. The lowest BCUT2D eigenvalue weighted by atomic mass is 10.1. The highest BCUT2D eigenvalue weighted by molar-refractivity contribution is 5.48. The van der Waals surface area contributed by atoms with Gasteiger partial charge in [0.2, 0.25) is 0 Å². The highest BCUT2D eigenvalue weighted by atomic mass is 16.5. The summed E-state index contributed by atoms with van der Waals surface area (Å²) in [5.74, 6) is 1.98. The molecule has 0 amide bonds. The van der Waals surface area contributed by atoms with Gasteiger partial charge in [-0.15, -0.1) is 0 Å². The van der Waals surface area contributed by atoms with Crippen molar-refractivity contribution in [2.75, 3.05) is 26.9 Å². The van der Waals surface area contributed by atoms with Crippen LogP contribution in [0.3, 0.4) is 0 Å². The van der Waals surface area contributed by atoms with Gasteiger partial charge in [0.25, 0.3) is 0 Å². The van der Waals surface area contributed by atoms with Gasteiger partial charge in [-0.25, -0.2) is 0 Å². The molecule has 0 bridgehead atoms. The fraction of sp³-hybridized carbons (Fsp3) is 0.625. The van der Waals surface area contributed by atoms with Crippen LogP contribution in [-0.4, -0.2) is 33.0 Å². The Hall–Kier alpha value is -1.26. The van der Waals surface area contributed by atoms with Gasteiger partial charge in [-0.05, 0) is 38.9 Å². The minimum atomic E-state index is 0.268. The fourth-order valence-electron chi connectivity index (χ4n) is 2.47. The predicted molar refractivity (Wildman–Crippen MR) is 79.6 cm³/mol. The molecular formula is C16H25NO3. The molecule has 1 atom stereocenters. The van der Waals surface area contributed by atoms with Crippen molar-refractivity contribution >= 4 is 0 Å². The largest absolute Gasteiger partial charge is 0.494 e. The number of methoxy groups -OCH3 is 1. The molecule has 1 heterocycles. The number of rotatable bonds is 8. The average Bonchev–Trinajstić information content (AvgIpc) is 2.78. The Morgan fingerprint density at radius 2 is 2.25 bits per heavy atom. The molecule has 1 aromatic carbocycles. The van der Waals surface area contributed by atoms with Gasteiger partial charge in [0.15, 0.2) is 0 Å². The van der Waals surface area contributed by atoms with Crippen LogP contribution in [0.1, 0.15) is 31.4 Å². The Labute approximate surface area is 121 Å². The lowest BCUT2D eigenvalue weighted by Gasteiger charge is -2.13. The van der Waals surface area contributed by atoms with Gasteiger partial charge in [-0.1, -0.05) is 0 Å². The van der Waals surface area contributed by atoms with Crippen molar-refractivity contribution in [3.8, 4) is 11.5 Å². The van der Waals surface area contributed by atoms with Gasteiger partial charge in [-0.2, -0.15) is 0 Å². The Balaban J connectivity index is 2.00. The van der Waals surface area contributed by atoms with Gasteiger partial charge in [-0.3, -0.25) is 0 Å². The summed E-state index contributed by atoms with van der Waals surface area (Å²) < 4.78 is 16.6. The molecule has 0 aromatic heterocycles. The van der Waals surface area contributed by atoms with Crippen molar-refractivity contribution in [2.24, 2.45) is 0 Å². The van der Waals surface area contributed by atoms with E-state index >= 15 is 0 Å². The van der Waals surface area contributed by atoms with Crippen LogP contribution in [0, 0.1) is 0 Å². The number of hydrogen-bond donors (Lipinski definition) is 1. The zero-order valence-corrected chi connectivity index (χ0v) is 12.7. The molecule has 1 N–H and O–H groups in total. The van der Waals surface area contributed by atoms with Gasteiger partial charge >= 0.3 is 0 Å². The molecule has 1 unspecified atom stereocenters. The molecule has 0 spiro atoms. The number of nitrogens with one attached hydrogen (secondary N) is 1. The highest BCUT2D eigenvalue weighted by Gasteiger charge is 2.21. The summed E-state index contributed by atoms with van der Waals surface area (Å²) in [4.78, 5) is 0. The van der Waals surface area contributed by atoms with E-state index < -0.39 is 0 Å². The van der Waals surface area contributed by atoms with Crippen LogP contribution in [0.15, 0.2) is 12.1 Å². The Kier molecular flexibility index (Phi) is 5.68. The van der Waals surface area contributed by atoms with Gasteiger partial charge in [0.05, 0.1) is 6.61 Å². The lowest BCUT2D eigenvalue weighted by Crippen LogP contribution is -2.17. The van der Waals surface area contributed by atoms with Crippen LogP contribution in [-0.2, 0) is 17.7 Å². The summed E-state index contributed by atoms with van der Waals surface area (Å²) in [6.45, 7) is 7.32. The molecule has 0 saturated heterocycles. The highest BCUT2D eigenvalue weighted by Crippen LogP contribution is 2.35. The topological polar surface area (TPSA) is 39.7 Å². The summed E-state index contributed by atoms with van der Waals surface area (Å²) in [5.41, 5.74) is 2.42. The van der Waals surface area contributed by atoms with E-state index in [0.29, 0.717) is 6.61 Å². The smallest absolute Gasteiger partial charge is 0.124 e. The minimum absolute atomic E-state index is 0.268. The van der Waals surface area contributed by atoms with Crippen LogP contribution in [0.2, 0.25) is 0 Å². The fourth-order valence-corrected chi connectivity index (χ4v) is 2.47. The monoisotopic (exact) mass is 279 g/mol.